The van der Waals surface area contributed by atoms with Crippen LogP contribution in [-0.2, 0) is 0 Å². The molecule has 1 unspecified atom stereocenters. The fourth-order valence-corrected chi connectivity index (χ4v) is 15.7. The first kappa shape index (κ1) is 11.9. The average molecular weight is 244 g/mol. The van der Waals surface area contributed by atoms with Crippen LogP contribution in [0.15, 0.2) is 25.1 Å². The molecule has 0 aromatic heterocycles. The van der Waals surface area contributed by atoms with Crippen molar-refractivity contribution in [2.45, 2.75) is 19.6 Å². The van der Waals surface area contributed by atoms with Crippen molar-refractivity contribution in [1.29, 1.82) is 0 Å². The normalized spacial score (nSPS) is 34.4. The Morgan fingerprint density at radius 1 is 1.29 bits per heavy atom. The average Bonchev–Trinajstić information content (AvgIpc) is 2.15. The molecule has 0 spiro atoms. The molecule has 1 saturated heterocycles. The fraction of sp³-hybridized carbons (Fsp3) is 0.500. The van der Waals surface area contributed by atoms with Gasteiger partial charge in [0.05, 0.1) is 0 Å². The van der Waals surface area contributed by atoms with Crippen LogP contribution in [0.4, 0.5) is 0 Å². The molecule has 1 heterocycles. The summed E-state index contributed by atoms with van der Waals surface area (Å²) < 4.78 is 8.75. The minimum Gasteiger partial charge on any atom is -0.410 e. The zero-order valence-electron chi connectivity index (χ0n) is 9.67. The predicted octanol–water partition coefficient (Wildman–Crippen LogP) is 0.465. The lowest BCUT2D eigenvalue weighted by atomic mass is 11.1. The van der Waals surface area contributed by atoms with Crippen molar-refractivity contribution in [3.63, 3.8) is 0 Å². The van der Waals surface area contributed by atoms with E-state index in [4.69, 9.17) is 0 Å². The van der Waals surface area contributed by atoms with Crippen LogP contribution in [0.2, 0.25) is 19.6 Å². The fourth-order valence-electron chi connectivity index (χ4n) is 1.82. The highest BCUT2D eigenvalue weighted by atomic mass is 28.5. The van der Waals surface area contributed by atoms with E-state index in [1.165, 1.54) is 0 Å². The van der Waals surface area contributed by atoms with Crippen LogP contribution in [0.25, 0.3) is 0 Å². The minimum atomic E-state index is -1.61. The zero-order chi connectivity index (χ0) is 11.0. The maximum Gasteiger partial charge on any atom is 0.243 e. The van der Waals surface area contributed by atoms with Gasteiger partial charge in [-0.05, 0) is 32.9 Å². The molecule has 0 radical (unpaired) electrons. The van der Waals surface area contributed by atoms with Crippen molar-refractivity contribution < 1.29 is 0 Å². The van der Waals surface area contributed by atoms with Crippen molar-refractivity contribution >= 4 is 26.6 Å². The molecule has 0 amide bonds. The van der Waals surface area contributed by atoms with Crippen LogP contribution in [-0.4, -0.2) is 42.1 Å². The molecular formula is C8H21N3Si3. The first-order valence-corrected chi connectivity index (χ1v) is 11.7. The van der Waals surface area contributed by atoms with E-state index in [0.29, 0.717) is 0 Å². The van der Waals surface area contributed by atoms with Gasteiger partial charge in [-0.2, -0.15) is 0 Å². The largest absolute Gasteiger partial charge is 0.410 e. The summed E-state index contributed by atoms with van der Waals surface area (Å²) in [5, 5.41) is 0. The second-order valence-electron chi connectivity index (χ2n) is 4.40. The number of rotatable bonds is 2. The van der Waals surface area contributed by atoms with E-state index in [1.54, 1.807) is 0 Å². The van der Waals surface area contributed by atoms with Crippen molar-refractivity contribution in [2.24, 2.45) is 0 Å². The summed E-state index contributed by atoms with van der Waals surface area (Å²) in [6.07, 6.45) is 1.99. The first-order chi connectivity index (χ1) is 6.38. The molecule has 1 rings (SSSR count). The van der Waals surface area contributed by atoms with Gasteiger partial charge in [-0.25, -0.2) is 0 Å². The van der Waals surface area contributed by atoms with E-state index in [1.807, 2.05) is 6.20 Å². The Morgan fingerprint density at radius 2 is 1.86 bits per heavy atom. The molecule has 1 fully saturated rings. The first-order valence-electron chi connectivity index (χ1n) is 4.90. The van der Waals surface area contributed by atoms with Gasteiger partial charge in [0.25, 0.3) is 0 Å². The molecule has 6 heteroatoms. The molecule has 3 nitrogen and oxygen atoms in total. The number of hydrogen-bond acceptors (Lipinski definition) is 3. The molecule has 14 heavy (non-hydrogen) atoms. The minimum absolute atomic E-state index is 0.353. The molecule has 1 N–H and O–H groups in total. The van der Waals surface area contributed by atoms with Crippen molar-refractivity contribution in [3.8, 4) is 0 Å². The van der Waals surface area contributed by atoms with Crippen molar-refractivity contribution in [2.75, 3.05) is 7.05 Å². The molecule has 0 saturated carbocycles. The molecule has 80 valence electrons. The van der Waals surface area contributed by atoms with Gasteiger partial charge in [-0.1, -0.05) is 12.3 Å². The quantitative estimate of drug-likeness (QED) is 0.711. The molecule has 0 aromatic rings. The third-order valence-corrected chi connectivity index (χ3v) is 18.7. The Morgan fingerprint density at radius 3 is 2.29 bits per heavy atom. The Bertz CT molecular complexity index is 256. The summed E-state index contributed by atoms with van der Waals surface area (Å²) in [7, 11) is -1.09. The van der Waals surface area contributed by atoms with E-state index in [-0.39, 0.29) is 9.84 Å². The number of nitrogens with zero attached hydrogens (tertiary/aromatic N) is 2. The molecule has 0 aromatic carbocycles. The smallest absolute Gasteiger partial charge is 0.243 e. The highest BCUT2D eigenvalue weighted by Crippen LogP contribution is 2.23. The van der Waals surface area contributed by atoms with Gasteiger partial charge in [-0.3, -0.25) is 0 Å². The second-order valence-corrected chi connectivity index (χ2v) is 15.5. The lowest BCUT2D eigenvalue weighted by molar-refractivity contribution is 0.635. The van der Waals surface area contributed by atoms with Gasteiger partial charge in [0.2, 0.25) is 8.40 Å². The standard InChI is InChI=1S/C8H21N3Si3/c1-7-11-12-9-13(4,5)10(3)14(11,6)8-2/h7-9H,1-2,12H2,3-6H3. The van der Waals surface area contributed by atoms with E-state index < -0.39 is 16.8 Å². The molecule has 0 bridgehead atoms. The Hall–Kier alpha value is -0.149. The van der Waals surface area contributed by atoms with Gasteiger partial charge in [0, 0.05) is 0 Å². The summed E-state index contributed by atoms with van der Waals surface area (Å²) >= 11 is 0. The molecular weight excluding hydrogens is 222 g/mol. The molecule has 0 aliphatic carbocycles. The Kier molecular flexibility index (Phi) is 3.22. The van der Waals surface area contributed by atoms with E-state index in [0.717, 1.165) is 0 Å². The lowest BCUT2D eigenvalue weighted by Crippen LogP contribution is -2.80. The van der Waals surface area contributed by atoms with Crippen LogP contribution in [0.5, 0.6) is 0 Å². The highest BCUT2D eigenvalue weighted by Gasteiger charge is 2.47. The molecule has 1 atom stereocenters. The topological polar surface area (TPSA) is 18.5 Å². The number of nitrogens with one attached hydrogen (secondary N) is 1. The van der Waals surface area contributed by atoms with Crippen LogP contribution in [0.3, 0.4) is 0 Å². The zero-order valence-corrected chi connectivity index (χ0v) is 13.1. The highest BCUT2D eigenvalue weighted by molar-refractivity contribution is 6.98. The van der Waals surface area contributed by atoms with Gasteiger partial charge in [-0.15, -0.1) is 6.58 Å². The maximum absolute atomic E-state index is 4.02. The van der Waals surface area contributed by atoms with E-state index in [9.17, 15) is 0 Å². The summed E-state index contributed by atoms with van der Waals surface area (Å²) in [6, 6.07) is 0. The summed E-state index contributed by atoms with van der Waals surface area (Å²) in [5.74, 6) is 0. The van der Waals surface area contributed by atoms with Crippen LogP contribution in [0.1, 0.15) is 0 Å². The van der Waals surface area contributed by atoms with Gasteiger partial charge in [0.15, 0.2) is 18.2 Å². The van der Waals surface area contributed by atoms with Gasteiger partial charge >= 0.3 is 0 Å². The molecule has 1 aliphatic heterocycles. The van der Waals surface area contributed by atoms with E-state index >= 15 is 0 Å². The van der Waals surface area contributed by atoms with Crippen LogP contribution < -0.4 is 4.65 Å². The second kappa shape index (κ2) is 3.78. The summed E-state index contributed by atoms with van der Waals surface area (Å²) in [6.45, 7) is 15.0. The Labute approximate surface area is 91.8 Å². The van der Waals surface area contributed by atoms with Gasteiger partial charge in [0.1, 0.15) is 0 Å². The Balaban J connectivity index is 3.04. The predicted molar refractivity (Wildman–Crippen MR) is 70.8 cm³/mol. The van der Waals surface area contributed by atoms with E-state index in [2.05, 4.69) is 58.7 Å². The van der Waals surface area contributed by atoms with Crippen LogP contribution in [0, 0.1) is 0 Å². The third kappa shape index (κ3) is 1.68. The van der Waals surface area contributed by atoms with Crippen molar-refractivity contribution in [1.82, 2.24) is 13.1 Å². The van der Waals surface area contributed by atoms with Crippen molar-refractivity contribution in [3.05, 3.63) is 25.1 Å². The monoisotopic (exact) mass is 243 g/mol. The third-order valence-electron chi connectivity index (χ3n) is 3.39. The number of hydrogen-bond donors (Lipinski definition) is 1. The maximum atomic E-state index is 4.02. The van der Waals surface area contributed by atoms with Gasteiger partial charge < -0.3 is 13.1 Å². The SMILES string of the molecule is C=CN1[SiH2]N[Si](C)(C)N(C)[Si]1(C)C=C. The lowest BCUT2D eigenvalue weighted by Gasteiger charge is -2.54. The summed E-state index contributed by atoms with van der Waals surface area (Å²) in [4.78, 5) is 0. The van der Waals surface area contributed by atoms with Crippen LogP contribution >= 0.6 is 0 Å². The summed E-state index contributed by atoms with van der Waals surface area (Å²) in [5.41, 5.74) is 2.16. The molecule has 1 aliphatic rings.